The van der Waals surface area contributed by atoms with Crippen molar-refractivity contribution in [2.24, 2.45) is 11.3 Å². The van der Waals surface area contributed by atoms with Crippen molar-refractivity contribution in [2.45, 2.75) is 115 Å². The first kappa shape index (κ1) is 47.1. The number of ether oxygens (including phenoxy) is 2. The van der Waals surface area contributed by atoms with Gasteiger partial charge in [0.1, 0.15) is 24.2 Å². The summed E-state index contributed by atoms with van der Waals surface area (Å²) in [6.45, 7) is 12.2. The van der Waals surface area contributed by atoms with Crippen molar-refractivity contribution in [3.05, 3.63) is 58.2 Å². The Kier molecular flexibility index (Phi) is 12.6. The van der Waals surface area contributed by atoms with E-state index in [0.717, 1.165) is 44.7 Å². The molecular formula is C48H63N9O8S2. The fourth-order valence-electron chi connectivity index (χ4n) is 11.4. The number of benzene rings is 1. The summed E-state index contributed by atoms with van der Waals surface area (Å²) < 4.78 is 41.4. The van der Waals surface area contributed by atoms with E-state index in [1.807, 2.05) is 25.3 Å². The predicted molar refractivity (Wildman–Crippen MR) is 254 cm³/mol. The highest BCUT2D eigenvalue weighted by atomic mass is 32.2. The zero-order valence-corrected chi connectivity index (χ0v) is 41.3. The first-order valence-corrected chi connectivity index (χ1v) is 26.2. The molecule has 4 aliphatic heterocycles. The molecule has 0 saturated carbocycles. The minimum Gasteiger partial charge on any atom is -0.464 e. The number of methoxy groups -OCH3 is 1. The van der Waals surface area contributed by atoms with Gasteiger partial charge in [-0.15, -0.1) is 11.3 Å². The van der Waals surface area contributed by atoms with Gasteiger partial charge in [-0.05, 0) is 74.8 Å². The highest BCUT2D eigenvalue weighted by Gasteiger charge is 2.53. The number of amides is 4. The zero-order valence-electron chi connectivity index (χ0n) is 39.7. The quantitative estimate of drug-likeness (QED) is 0.229. The van der Waals surface area contributed by atoms with Crippen molar-refractivity contribution in [1.29, 1.82) is 0 Å². The van der Waals surface area contributed by atoms with Crippen molar-refractivity contribution >= 4 is 56.1 Å². The lowest BCUT2D eigenvalue weighted by Crippen LogP contribution is -2.71. The maximum atomic E-state index is 14.8. The summed E-state index contributed by atoms with van der Waals surface area (Å²) in [7, 11) is -0.162. The molecule has 6 bridgehead atoms. The lowest BCUT2D eigenvalue weighted by Gasteiger charge is -2.57. The molecule has 2 N–H and O–H groups in total. The van der Waals surface area contributed by atoms with Crippen LogP contribution in [0.4, 0.5) is 4.79 Å². The molecule has 5 aliphatic rings. The number of nitrogens with zero attached hydrogens (tertiary/aromatic N) is 7. The number of aromatic nitrogens is 3. The molecular weight excluding hydrogens is 895 g/mol. The molecule has 9 rings (SSSR count). The third-order valence-corrected chi connectivity index (χ3v) is 17.0. The molecule has 67 heavy (non-hydrogen) atoms. The lowest BCUT2D eigenvalue weighted by atomic mass is 9.67. The van der Waals surface area contributed by atoms with E-state index in [9.17, 15) is 27.6 Å². The number of hydrogen-bond acceptors (Lipinski definition) is 12. The number of nitrogens with one attached hydrogen (secondary N) is 2. The first-order chi connectivity index (χ1) is 31.9. The molecule has 0 radical (unpaired) electrons. The zero-order chi connectivity index (χ0) is 47.7. The highest BCUT2D eigenvalue weighted by molar-refractivity contribution is 7.88. The van der Waals surface area contributed by atoms with E-state index in [4.69, 9.17) is 19.4 Å². The summed E-state index contributed by atoms with van der Waals surface area (Å²) in [6, 6.07) is 7.14. The van der Waals surface area contributed by atoms with Gasteiger partial charge < -0.3 is 29.2 Å². The molecule has 3 saturated heterocycles. The Morgan fingerprint density at radius 1 is 1.12 bits per heavy atom. The number of carbonyl (C=O) groups excluding carboxylic acids is 4. The Morgan fingerprint density at radius 2 is 1.91 bits per heavy atom. The third-order valence-electron chi connectivity index (χ3n) is 14.9. The molecule has 2 unspecified atom stereocenters. The molecule has 3 aromatic heterocycles. The summed E-state index contributed by atoms with van der Waals surface area (Å²) >= 11 is 1.40. The van der Waals surface area contributed by atoms with Gasteiger partial charge in [0.15, 0.2) is 0 Å². The van der Waals surface area contributed by atoms with Crippen LogP contribution >= 0.6 is 11.3 Å². The van der Waals surface area contributed by atoms with Gasteiger partial charge in [-0.3, -0.25) is 24.4 Å². The Hall–Kier alpha value is -4.95. The number of cyclic esters (lactones) is 1. The monoisotopic (exact) mass is 957 g/mol. The number of rotatable bonds is 7. The number of thiazole rings is 1. The number of hydrogen-bond donors (Lipinski definition) is 2. The van der Waals surface area contributed by atoms with Gasteiger partial charge >= 0.3 is 12.0 Å². The van der Waals surface area contributed by atoms with Crippen LogP contribution in [0.5, 0.6) is 0 Å². The standard InChI is InChI=1S/C48H63N9O8S2/c1-9-55-35-16-15-29-23-31(35)37-38(42(64-7)39-30(41(37)55)13-10-19-49-39)47(4,5)27-65-45(60)32-14-11-21-57(52-32)44(59)33(24-36-50-34(29)25-66-36)51-43(58)40(28(2)3)53(6)46(61)56-22-18-48(56)17-12-20-54(26-48)67(8,62)63/h10,13,15-16,19,23,25,28,32-33,38,40,42,52H,9,11-12,14,17-18,20-22,24,26-27H2,1-8H3,(H,51,58)/t32-,33-,38?,40-,42-,48?/m0/s1. The Labute approximate surface area is 396 Å². The van der Waals surface area contributed by atoms with Crippen LogP contribution in [0.3, 0.4) is 0 Å². The molecule has 1 aromatic carbocycles. The number of urea groups is 1. The number of pyridine rings is 1. The van der Waals surface area contributed by atoms with Gasteiger partial charge in [-0.25, -0.2) is 23.6 Å². The van der Waals surface area contributed by atoms with Crippen LogP contribution in [0, 0.1) is 11.3 Å². The first-order valence-electron chi connectivity index (χ1n) is 23.5. The summed E-state index contributed by atoms with van der Waals surface area (Å²) in [5, 5.41) is 8.07. The average Bonchev–Trinajstić information content (AvgIpc) is 3.91. The van der Waals surface area contributed by atoms with Crippen LogP contribution in [0.25, 0.3) is 33.4 Å². The molecule has 6 atom stereocenters. The lowest BCUT2D eigenvalue weighted by molar-refractivity contribution is -0.156. The fraction of sp³-hybridized carbons (Fsp3) is 0.583. The number of fused-ring (bicyclic) bond motifs is 8. The van der Waals surface area contributed by atoms with Crippen molar-refractivity contribution in [2.75, 3.05) is 53.2 Å². The van der Waals surface area contributed by atoms with Gasteiger partial charge in [-0.1, -0.05) is 33.8 Å². The maximum absolute atomic E-state index is 14.8. The van der Waals surface area contributed by atoms with E-state index in [-0.39, 0.29) is 37.4 Å². The van der Waals surface area contributed by atoms with Crippen molar-refractivity contribution in [3.63, 3.8) is 0 Å². The van der Waals surface area contributed by atoms with Gasteiger partial charge in [0.2, 0.25) is 15.9 Å². The molecule has 1 spiro atoms. The number of sulfonamides is 1. The third kappa shape index (κ3) is 8.31. The average molecular weight is 958 g/mol. The number of aryl methyl sites for hydroxylation is 1. The van der Waals surface area contributed by atoms with Crippen LogP contribution in [0.2, 0.25) is 0 Å². The van der Waals surface area contributed by atoms with Crippen LogP contribution in [-0.4, -0.2) is 143 Å². The molecule has 3 fully saturated rings. The highest BCUT2D eigenvalue weighted by Crippen LogP contribution is 2.57. The second kappa shape index (κ2) is 17.9. The predicted octanol–water partition coefficient (Wildman–Crippen LogP) is 5.31. The van der Waals surface area contributed by atoms with E-state index in [1.165, 1.54) is 31.8 Å². The molecule has 17 nitrogen and oxygen atoms in total. The smallest absolute Gasteiger partial charge is 0.324 e. The number of likely N-dealkylation sites (tertiary alicyclic amines) is 1. The molecule has 4 aromatic rings. The number of hydrazine groups is 1. The van der Waals surface area contributed by atoms with Crippen molar-refractivity contribution < 1.29 is 37.1 Å². The number of carbonyl (C=O) groups is 4. The van der Waals surface area contributed by atoms with Crippen molar-refractivity contribution in [3.8, 4) is 22.5 Å². The number of esters is 1. The Balaban J connectivity index is 1.07. The van der Waals surface area contributed by atoms with E-state index in [0.29, 0.717) is 63.3 Å². The number of piperidine rings is 1. The Morgan fingerprint density at radius 3 is 2.61 bits per heavy atom. The van der Waals surface area contributed by atoms with Crippen molar-refractivity contribution in [1.82, 2.24) is 44.4 Å². The summed E-state index contributed by atoms with van der Waals surface area (Å²) in [5.74, 6) is -2.06. The van der Waals surface area contributed by atoms with Crippen LogP contribution in [0.1, 0.15) is 95.0 Å². The van der Waals surface area contributed by atoms with Gasteiger partial charge in [0.25, 0.3) is 5.91 Å². The summed E-state index contributed by atoms with van der Waals surface area (Å²) in [4.78, 5) is 70.9. The summed E-state index contributed by atoms with van der Waals surface area (Å²) in [6.07, 6.45) is 5.52. The molecule has 1 aliphatic carbocycles. The van der Waals surface area contributed by atoms with Gasteiger partial charge in [0.05, 0.1) is 40.5 Å². The molecule has 4 amide bonds. The Bertz CT molecular complexity index is 2720. The maximum Gasteiger partial charge on any atom is 0.324 e. The van der Waals surface area contributed by atoms with Crippen LogP contribution in [-0.2, 0) is 46.8 Å². The largest absolute Gasteiger partial charge is 0.464 e. The molecule has 19 heteroatoms. The second-order valence-corrected chi connectivity index (χ2v) is 22.9. The minimum atomic E-state index is -3.46. The topological polar surface area (TPSA) is 189 Å². The normalized spacial score (nSPS) is 25.9. The van der Waals surface area contributed by atoms with E-state index in [2.05, 4.69) is 60.3 Å². The van der Waals surface area contributed by atoms with Crippen LogP contribution in [0.15, 0.2) is 41.9 Å². The van der Waals surface area contributed by atoms with E-state index in [1.54, 1.807) is 25.3 Å². The summed E-state index contributed by atoms with van der Waals surface area (Å²) in [5.41, 5.74) is 8.51. The van der Waals surface area contributed by atoms with Gasteiger partial charge in [0, 0.05) is 98.2 Å². The van der Waals surface area contributed by atoms with E-state index >= 15 is 0 Å². The molecule has 360 valence electrons. The minimum absolute atomic E-state index is 0.0565. The number of likely N-dealkylation sites (N-methyl/N-ethyl adjacent to an activating group) is 1. The second-order valence-electron chi connectivity index (χ2n) is 20.0. The van der Waals surface area contributed by atoms with Gasteiger partial charge in [-0.2, -0.15) is 4.31 Å². The van der Waals surface area contributed by atoms with E-state index < -0.39 is 63.0 Å². The molecule has 7 heterocycles. The fourth-order valence-corrected chi connectivity index (χ4v) is 13.2. The van der Waals surface area contributed by atoms with Crippen LogP contribution < -0.4 is 10.7 Å². The SMILES string of the molecule is CCn1c2c3c4cc(ccc41)-c1csc(n1)C[C@H](NC(=O)[C@H](C(C)C)N(C)C(=O)N1CCC14CCCN(S(C)(=O)=O)C4)C(=O)N1CCC[C@H](N1)C(=O)OCC(C)(C)C3[C@H](OC)c1ncccc1-2.